The standard InChI is InChI=1S/C10H13ClFNO/c1-6(5-13)7-3-10(14-2)8(11)4-9(7)12/h3-4,6H,5,13H2,1-2H3. The summed E-state index contributed by atoms with van der Waals surface area (Å²) in [6.45, 7) is 2.24. The molecule has 78 valence electrons. The Bertz CT molecular complexity index is 330. The zero-order valence-electron chi connectivity index (χ0n) is 8.18. The minimum Gasteiger partial charge on any atom is -0.495 e. The van der Waals surface area contributed by atoms with Crippen LogP contribution in [-0.4, -0.2) is 13.7 Å². The summed E-state index contributed by atoms with van der Waals surface area (Å²) in [6.07, 6.45) is 0. The van der Waals surface area contributed by atoms with Crippen molar-refractivity contribution in [3.05, 3.63) is 28.5 Å². The Labute approximate surface area is 87.8 Å². The van der Waals surface area contributed by atoms with E-state index in [1.807, 2.05) is 6.92 Å². The maximum absolute atomic E-state index is 13.4. The molecule has 2 N–H and O–H groups in total. The van der Waals surface area contributed by atoms with Crippen LogP contribution in [-0.2, 0) is 0 Å². The number of halogens is 2. The number of rotatable bonds is 3. The molecule has 1 aromatic rings. The van der Waals surface area contributed by atoms with Crippen LogP contribution in [0, 0.1) is 5.82 Å². The highest BCUT2D eigenvalue weighted by atomic mass is 35.5. The van der Waals surface area contributed by atoms with E-state index in [9.17, 15) is 4.39 Å². The smallest absolute Gasteiger partial charge is 0.137 e. The van der Waals surface area contributed by atoms with Crippen molar-refractivity contribution in [2.75, 3.05) is 13.7 Å². The van der Waals surface area contributed by atoms with Crippen LogP contribution in [0.1, 0.15) is 18.4 Å². The molecule has 0 aliphatic carbocycles. The fourth-order valence-electron chi connectivity index (χ4n) is 1.21. The van der Waals surface area contributed by atoms with E-state index < -0.39 is 0 Å². The molecule has 1 aromatic carbocycles. The van der Waals surface area contributed by atoms with Crippen LogP contribution >= 0.6 is 11.6 Å². The third-order valence-electron chi connectivity index (χ3n) is 2.16. The van der Waals surface area contributed by atoms with Crippen LogP contribution in [0.25, 0.3) is 0 Å². The van der Waals surface area contributed by atoms with Crippen molar-refractivity contribution < 1.29 is 9.13 Å². The molecule has 1 rings (SSSR count). The normalized spacial score (nSPS) is 12.6. The van der Waals surface area contributed by atoms with Gasteiger partial charge in [-0.3, -0.25) is 0 Å². The first-order chi connectivity index (χ1) is 6.60. The average Bonchev–Trinajstić information content (AvgIpc) is 2.17. The Balaban J connectivity index is 3.17. The Morgan fingerprint density at radius 1 is 1.57 bits per heavy atom. The van der Waals surface area contributed by atoms with Crippen molar-refractivity contribution in [2.45, 2.75) is 12.8 Å². The Hall–Kier alpha value is -0.800. The second-order valence-corrected chi connectivity index (χ2v) is 3.55. The second kappa shape index (κ2) is 4.62. The van der Waals surface area contributed by atoms with E-state index in [1.165, 1.54) is 13.2 Å². The van der Waals surface area contributed by atoms with Crippen LogP contribution < -0.4 is 10.5 Å². The van der Waals surface area contributed by atoms with Gasteiger partial charge in [0.2, 0.25) is 0 Å². The van der Waals surface area contributed by atoms with E-state index >= 15 is 0 Å². The lowest BCUT2D eigenvalue weighted by atomic mass is 10.0. The number of methoxy groups -OCH3 is 1. The molecule has 0 radical (unpaired) electrons. The molecule has 4 heteroatoms. The first-order valence-electron chi connectivity index (χ1n) is 4.33. The molecule has 1 atom stereocenters. The molecular weight excluding hydrogens is 205 g/mol. The molecule has 0 saturated carbocycles. The van der Waals surface area contributed by atoms with E-state index in [0.29, 0.717) is 17.9 Å². The van der Waals surface area contributed by atoms with Crippen molar-refractivity contribution in [3.8, 4) is 5.75 Å². The lowest BCUT2D eigenvalue weighted by Crippen LogP contribution is -2.10. The highest BCUT2D eigenvalue weighted by molar-refractivity contribution is 6.32. The van der Waals surface area contributed by atoms with Gasteiger partial charge in [-0.2, -0.15) is 0 Å². The molecule has 0 aliphatic heterocycles. The highest BCUT2D eigenvalue weighted by Gasteiger charge is 2.13. The van der Waals surface area contributed by atoms with Gasteiger partial charge >= 0.3 is 0 Å². The zero-order chi connectivity index (χ0) is 10.7. The lowest BCUT2D eigenvalue weighted by Gasteiger charge is -2.12. The molecule has 0 bridgehead atoms. The summed E-state index contributed by atoms with van der Waals surface area (Å²) < 4.78 is 18.4. The average molecular weight is 218 g/mol. The van der Waals surface area contributed by atoms with Gasteiger partial charge in [0.15, 0.2) is 0 Å². The number of benzene rings is 1. The summed E-state index contributed by atoms with van der Waals surface area (Å²) >= 11 is 5.75. The molecule has 0 aromatic heterocycles. The molecule has 0 fully saturated rings. The van der Waals surface area contributed by atoms with Crippen LogP contribution in [0.2, 0.25) is 5.02 Å². The van der Waals surface area contributed by atoms with Gasteiger partial charge < -0.3 is 10.5 Å². The van der Waals surface area contributed by atoms with E-state index in [4.69, 9.17) is 22.1 Å². The second-order valence-electron chi connectivity index (χ2n) is 3.15. The predicted octanol–water partition coefficient (Wildman–Crippen LogP) is 2.55. The number of nitrogens with two attached hydrogens (primary N) is 1. The van der Waals surface area contributed by atoms with Gasteiger partial charge in [-0.25, -0.2) is 4.39 Å². The summed E-state index contributed by atoms with van der Waals surface area (Å²) in [5.41, 5.74) is 6.00. The quantitative estimate of drug-likeness (QED) is 0.845. The van der Waals surface area contributed by atoms with Gasteiger partial charge in [-0.15, -0.1) is 0 Å². The number of hydrogen-bond donors (Lipinski definition) is 1. The fourth-order valence-corrected chi connectivity index (χ4v) is 1.43. The molecule has 0 spiro atoms. The van der Waals surface area contributed by atoms with Gasteiger partial charge in [-0.05, 0) is 30.2 Å². The van der Waals surface area contributed by atoms with E-state index in [1.54, 1.807) is 6.07 Å². The topological polar surface area (TPSA) is 35.2 Å². The summed E-state index contributed by atoms with van der Waals surface area (Å²) in [7, 11) is 1.50. The Kier molecular flexibility index (Phi) is 3.72. The first kappa shape index (κ1) is 11.3. The van der Waals surface area contributed by atoms with Gasteiger partial charge in [0.05, 0.1) is 12.1 Å². The van der Waals surface area contributed by atoms with Crippen LogP contribution in [0.3, 0.4) is 0 Å². The first-order valence-corrected chi connectivity index (χ1v) is 4.71. The molecule has 14 heavy (non-hydrogen) atoms. The SMILES string of the molecule is COc1cc(C(C)CN)c(F)cc1Cl. The molecule has 0 saturated heterocycles. The Morgan fingerprint density at radius 3 is 2.71 bits per heavy atom. The van der Waals surface area contributed by atoms with Gasteiger partial charge in [0.25, 0.3) is 0 Å². The third kappa shape index (κ3) is 2.16. The monoisotopic (exact) mass is 217 g/mol. The number of ether oxygens (including phenoxy) is 1. The van der Waals surface area contributed by atoms with Crippen LogP contribution in [0.15, 0.2) is 12.1 Å². The van der Waals surface area contributed by atoms with Crippen molar-refractivity contribution in [1.82, 2.24) is 0 Å². The molecule has 0 aliphatic rings. The van der Waals surface area contributed by atoms with E-state index in [2.05, 4.69) is 0 Å². The Morgan fingerprint density at radius 2 is 2.21 bits per heavy atom. The van der Waals surface area contributed by atoms with Gasteiger partial charge in [0.1, 0.15) is 11.6 Å². The maximum atomic E-state index is 13.4. The van der Waals surface area contributed by atoms with Crippen molar-refractivity contribution in [3.63, 3.8) is 0 Å². The number of hydrogen-bond acceptors (Lipinski definition) is 2. The minimum absolute atomic E-state index is 0.0406. The molecular formula is C10H13ClFNO. The van der Waals surface area contributed by atoms with Crippen LogP contribution in [0.5, 0.6) is 5.75 Å². The van der Waals surface area contributed by atoms with E-state index in [0.717, 1.165) is 0 Å². The molecule has 0 amide bonds. The fraction of sp³-hybridized carbons (Fsp3) is 0.400. The predicted molar refractivity (Wildman–Crippen MR) is 55.4 cm³/mol. The van der Waals surface area contributed by atoms with E-state index in [-0.39, 0.29) is 16.8 Å². The molecule has 2 nitrogen and oxygen atoms in total. The van der Waals surface area contributed by atoms with Crippen molar-refractivity contribution >= 4 is 11.6 Å². The van der Waals surface area contributed by atoms with Crippen molar-refractivity contribution in [1.29, 1.82) is 0 Å². The zero-order valence-corrected chi connectivity index (χ0v) is 8.94. The molecule has 1 unspecified atom stereocenters. The van der Waals surface area contributed by atoms with Gasteiger partial charge in [-0.1, -0.05) is 18.5 Å². The molecule has 0 heterocycles. The largest absolute Gasteiger partial charge is 0.495 e. The highest BCUT2D eigenvalue weighted by Crippen LogP contribution is 2.30. The van der Waals surface area contributed by atoms with Gasteiger partial charge in [0, 0.05) is 0 Å². The maximum Gasteiger partial charge on any atom is 0.137 e. The summed E-state index contributed by atoms with van der Waals surface area (Å²) in [4.78, 5) is 0. The summed E-state index contributed by atoms with van der Waals surface area (Å²) in [5, 5.41) is 0.276. The summed E-state index contributed by atoms with van der Waals surface area (Å²) in [6, 6.07) is 2.84. The summed E-state index contributed by atoms with van der Waals surface area (Å²) in [5.74, 6) is 0.0956. The van der Waals surface area contributed by atoms with Crippen LogP contribution in [0.4, 0.5) is 4.39 Å². The lowest BCUT2D eigenvalue weighted by molar-refractivity contribution is 0.412. The minimum atomic E-state index is -0.339. The third-order valence-corrected chi connectivity index (χ3v) is 2.45. The van der Waals surface area contributed by atoms with Crippen molar-refractivity contribution in [2.24, 2.45) is 5.73 Å².